The molecule has 0 fully saturated rings. The fourth-order valence-corrected chi connectivity index (χ4v) is 4.62. The molecule has 0 amide bonds. The summed E-state index contributed by atoms with van der Waals surface area (Å²) in [5.74, 6) is -7.60. The minimum Gasteiger partial charge on any atom is -0.497 e. The van der Waals surface area contributed by atoms with Crippen LogP contribution >= 0.6 is 0 Å². The van der Waals surface area contributed by atoms with Crippen LogP contribution in [-0.4, -0.2) is 102 Å². The number of esters is 5. The van der Waals surface area contributed by atoms with Gasteiger partial charge in [-0.3, -0.25) is 33.8 Å². The number of methoxy groups -OCH3 is 1. The van der Waals surface area contributed by atoms with Crippen molar-refractivity contribution in [2.24, 2.45) is 4.99 Å². The number of fused-ring (bicyclic) bond motifs is 1. The molecule has 0 spiro atoms. The minimum atomic E-state index is -1.83. The molecule has 2 N–H and O–H groups in total. The summed E-state index contributed by atoms with van der Waals surface area (Å²) in [6.07, 6.45) is -7.29. The van der Waals surface area contributed by atoms with Crippen LogP contribution in [0, 0.1) is 0 Å². The predicted octanol–water partition coefficient (Wildman–Crippen LogP) is 2.61. The summed E-state index contributed by atoms with van der Waals surface area (Å²) in [6, 6.07) is 9.09. The number of benzene rings is 2. The van der Waals surface area contributed by atoms with Crippen molar-refractivity contribution >= 4 is 58.8 Å². The van der Waals surface area contributed by atoms with Crippen LogP contribution in [0.25, 0.3) is 10.8 Å². The molecule has 0 aliphatic heterocycles. The zero-order valence-corrected chi connectivity index (χ0v) is 27.8. The number of aliphatic imine (C=N–C) groups is 1. The van der Waals surface area contributed by atoms with Crippen LogP contribution in [0.15, 0.2) is 41.4 Å². The van der Waals surface area contributed by atoms with E-state index in [4.69, 9.17) is 33.5 Å². The van der Waals surface area contributed by atoms with E-state index in [0.717, 1.165) is 44.7 Å². The number of aliphatic carboxylic acids is 2. The Kier molecular flexibility index (Phi) is 15.1. The molecule has 0 heterocycles. The Balaban J connectivity index is 2.47. The molecule has 2 rings (SSSR count). The van der Waals surface area contributed by atoms with Crippen molar-refractivity contribution < 1.29 is 72.2 Å². The highest BCUT2D eigenvalue weighted by Gasteiger charge is 2.44. The van der Waals surface area contributed by atoms with Gasteiger partial charge < -0.3 is 38.6 Å². The second-order valence-corrected chi connectivity index (χ2v) is 10.8. The van der Waals surface area contributed by atoms with E-state index in [9.17, 15) is 38.7 Å². The van der Waals surface area contributed by atoms with Gasteiger partial charge in [-0.25, -0.2) is 4.79 Å². The monoisotopic (exact) mass is 689 g/mol. The molecule has 16 nitrogen and oxygen atoms in total. The second kappa shape index (κ2) is 18.7. The third kappa shape index (κ3) is 12.9. The smallest absolute Gasteiger partial charge is 0.328 e. The summed E-state index contributed by atoms with van der Waals surface area (Å²) >= 11 is 0. The van der Waals surface area contributed by atoms with E-state index in [0.29, 0.717) is 11.3 Å². The van der Waals surface area contributed by atoms with E-state index in [1.54, 1.807) is 38.3 Å². The maximum atomic E-state index is 13.2. The van der Waals surface area contributed by atoms with E-state index < -0.39 is 97.6 Å². The van der Waals surface area contributed by atoms with E-state index in [1.165, 1.54) is 0 Å². The third-order valence-electron chi connectivity index (χ3n) is 6.88. The van der Waals surface area contributed by atoms with Gasteiger partial charge in [-0.15, -0.1) is 0 Å². The number of carboxylic acid groups (broad SMARTS) is 2. The van der Waals surface area contributed by atoms with Crippen molar-refractivity contribution in [3.63, 3.8) is 0 Å². The lowest BCUT2D eigenvalue weighted by Crippen LogP contribution is -2.53. The topological polar surface area (TPSA) is 228 Å². The molecule has 0 aliphatic rings. The Labute approximate surface area is 281 Å². The molecule has 49 heavy (non-hydrogen) atoms. The second-order valence-electron chi connectivity index (χ2n) is 10.8. The number of carbonyl (C=O) groups excluding carboxylic acids is 5. The van der Waals surface area contributed by atoms with Gasteiger partial charge in [0.2, 0.25) is 0 Å². The van der Waals surface area contributed by atoms with Crippen LogP contribution in [0.4, 0.5) is 0 Å². The summed E-state index contributed by atoms with van der Waals surface area (Å²) in [4.78, 5) is 88.5. The standard InChI is InChI=1S/C33H39NO15/c1-17(22-7-8-24-14-25(44-6)10-9-23(24)13-22)33(43)45-16-28(47-19(3)36)31(49-21(5)38)30(48-20(4)37)27(46-18(2)35)15-34-26(32(41)42)11-12-29(39)40/h7-10,13-15,17,26-28,30-31H,11-12,16H2,1-6H3,(H,39,40)(H,41,42)/t17?,26-,27?,28?,30?,31?/m0/s1. The number of hydrogen-bond donors (Lipinski definition) is 2. The van der Waals surface area contributed by atoms with Gasteiger partial charge in [0.1, 0.15) is 18.4 Å². The normalized spacial score (nSPS) is 14.7. The molecule has 0 saturated heterocycles. The van der Waals surface area contributed by atoms with E-state index >= 15 is 0 Å². The summed E-state index contributed by atoms with van der Waals surface area (Å²) in [5.41, 5.74) is 0.586. The summed E-state index contributed by atoms with van der Waals surface area (Å²) in [6.45, 7) is 4.78. The van der Waals surface area contributed by atoms with Gasteiger partial charge in [-0.05, 0) is 41.8 Å². The third-order valence-corrected chi connectivity index (χ3v) is 6.88. The van der Waals surface area contributed by atoms with Crippen LogP contribution in [0.2, 0.25) is 0 Å². The van der Waals surface area contributed by atoms with Crippen molar-refractivity contribution in [1.82, 2.24) is 0 Å². The maximum Gasteiger partial charge on any atom is 0.328 e. The lowest BCUT2D eigenvalue weighted by atomic mass is 9.97. The number of nitrogens with zero attached hydrogens (tertiary/aromatic N) is 1. The van der Waals surface area contributed by atoms with Crippen molar-refractivity contribution in [2.75, 3.05) is 13.7 Å². The molecule has 0 radical (unpaired) electrons. The van der Waals surface area contributed by atoms with Gasteiger partial charge in [0.15, 0.2) is 24.4 Å². The Bertz CT molecular complexity index is 1570. The molecule has 0 bridgehead atoms. The Morgan fingerprint density at radius 3 is 1.90 bits per heavy atom. The highest BCUT2D eigenvalue weighted by molar-refractivity contribution is 5.87. The zero-order valence-electron chi connectivity index (χ0n) is 27.8. The van der Waals surface area contributed by atoms with Gasteiger partial charge in [0, 0.05) is 40.3 Å². The fraction of sp³-hybridized carbons (Fsp3) is 0.455. The van der Waals surface area contributed by atoms with Crippen LogP contribution in [-0.2, 0) is 57.2 Å². The predicted molar refractivity (Wildman–Crippen MR) is 169 cm³/mol. The lowest BCUT2D eigenvalue weighted by molar-refractivity contribution is -0.198. The zero-order chi connectivity index (χ0) is 36.8. The van der Waals surface area contributed by atoms with Crippen LogP contribution in [0.5, 0.6) is 5.75 Å². The molecule has 6 atom stereocenters. The molecule has 0 saturated carbocycles. The number of rotatable bonds is 18. The summed E-state index contributed by atoms with van der Waals surface area (Å²) < 4.78 is 32.0. The van der Waals surface area contributed by atoms with E-state index in [2.05, 4.69) is 4.99 Å². The van der Waals surface area contributed by atoms with Crippen molar-refractivity contribution in [3.05, 3.63) is 42.0 Å². The molecule has 0 aliphatic carbocycles. The average Bonchev–Trinajstić information content (AvgIpc) is 3.02. The highest BCUT2D eigenvalue weighted by Crippen LogP contribution is 2.26. The molecular formula is C33H39NO15. The first-order valence-electron chi connectivity index (χ1n) is 14.9. The largest absolute Gasteiger partial charge is 0.497 e. The fourth-order valence-electron chi connectivity index (χ4n) is 4.62. The molecule has 16 heteroatoms. The molecule has 266 valence electrons. The minimum absolute atomic E-state index is 0.449. The quantitative estimate of drug-likeness (QED) is 0.130. The maximum absolute atomic E-state index is 13.2. The highest BCUT2D eigenvalue weighted by atomic mass is 16.6. The van der Waals surface area contributed by atoms with E-state index in [-0.39, 0.29) is 0 Å². The molecule has 5 unspecified atom stereocenters. The van der Waals surface area contributed by atoms with Crippen molar-refractivity contribution in [1.29, 1.82) is 0 Å². The molecule has 0 aromatic heterocycles. The first kappa shape index (κ1) is 39.6. The van der Waals surface area contributed by atoms with Crippen LogP contribution < -0.4 is 4.74 Å². The summed E-state index contributed by atoms with van der Waals surface area (Å²) in [7, 11) is 1.54. The Morgan fingerprint density at radius 2 is 1.35 bits per heavy atom. The molecular weight excluding hydrogens is 650 g/mol. The van der Waals surface area contributed by atoms with Gasteiger partial charge in [0.05, 0.1) is 13.0 Å². The number of hydrogen-bond acceptors (Lipinski definition) is 14. The van der Waals surface area contributed by atoms with Gasteiger partial charge in [0.25, 0.3) is 0 Å². The number of ether oxygens (including phenoxy) is 6. The lowest BCUT2D eigenvalue weighted by Gasteiger charge is -2.34. The van der Waals surface area contributed by atoms with Gasteiger partial charge in [-0.2, -0.15) is 0 Å². The number of carboxylic acids is 2. The van der Waals surface area contributed by atoms with E-state index in [1.807, 2.05) is 12.1 Å². The molecule has 2 aromatic carbocycles. The van der Waals surface area contributed by atoms with Gasteiger partial charge in [-0.1, -0.05) is 24.3 Å². The van der Waals surface area contributed by atoms with Gasteiger partial charge >= 0.3 is 41.8 Å². The number of carbonyl (C=O) groups is 7. The first-order chi connectivity index (χ1) is 23.0. The Morgan fingerprint density at radius 1 is 0.776 bits per heavy atom. The van der Waals surface area contributed by atoms with Crippen LogP contribution in [0.3, 0.4) is 0 Å². The SMILES string of the molecule is COc1ccc2cc(C(C)C(=O)OCC(OC(C)=O)C(OC(C)=O)C(OC(C)=O)C(C=N[C@@H](CCC(=O)O)C(=O)O)OC(C)=O)ccc2c1. The Hall–Kier alpha value is -5.54. The average molecular weight is 690 g/mol. The van der Waals surface area contributed by atoms with Crippen molar-refractivity contribution in [3.8, 4) is 5.75 Å². The van der Waals surface area contributed by atoms with Crippen molar-refractivity contribution in [2.45, 2.75) is 83.8 Å². The van der Waals surface area contributed by atoms with Crippen LogP contribution in [0.1, 0.15) is 58.9 Å². The first-order valence-corrected chi connectivity index (χ1v) is 14.9. The molecule has 2 aromatic rings. The summed E-state index contributed by atoms with van der Waals surface area (Å²) in [5, 5.41) is 20.2.